The van der Waals surface area contributed by atoms with E-state index in [4.69, 9.17) is 0 Å². The molecule has 1 N–H and O–H groups in total. The van der Waals surface area contributed by atoms with E-state index in [1.807, 2.05) is 13.0 Å². The predicted molar refractivity (Wildman–Crippen MR) is 101 cm³/mol. The lowest BCUT2D eigenvalue weighted by atomic mass is 10.0. The van der Waals surface area contributed by atoms with Crippen LogP contribution in [-0.2, 0) is 6.54 Å². The van der Waals surface area contributed by atoms with Gasteiger partial charge in [0.25, 0.3) is 0 Å². The van der Waals surface area contributed by atoms with Crippen molar-refractivity contribution in [1.29, 1.82) is 0 Å². The van der Waals surface area contributed by atoms with Crippen LogP contribution in [0.15, 0.2) is 84.6 Å². The average Bonchev–Trinajstić information content (AvgIpc) is 2.59. The molecule has 2 aromatic carbocycles. The number of aryl methyl sites for hydroxylation is 1. The van der Waals surface area contributed by atoms with Crippen molar-refractivity contribution in [3.05, 3.63) is 95.7 Å². The van der Waals surface area contributed by atoms with Crippen molar-refractivity contribution in [2.45, 2.75) is 27.3 Å². The summed E-state index contributed by atoms with van der Waals surface area (Å²) in [6, 6.07) is 17.4. The second kappa shape index (κ2) is 8.19. The smallest absolute Gasteiger partial charge is 0.0400 e. The van der Waals surface area contributed by atoms with Gasteiger partial charge in [0.2, 0.25) is 0 Å². The molecule has 0 atom stereocenters. The maximum atomic E-state index is 3.79. The molecule has 0 bridgehead atoms. The number of allylic oxidation sites excluding steroid dienone is 4. The van der Waals surface area contributed by atoms with Gasteiger partial charge in [-0.3, -0.25) is 0 Å². The predicted octanol–water partition coefficient (Wildman–Crippen LogP) is 5.79. The highest BCUT2D eigenvalue weighted by atomic mass is 14.9. The summed E-state index contributed by atoms with van der Waals surface area (Å²) in [6.45, 7) is 10.8. The minimum absolute atomic E-state index is 0.814. The Morgan fingerprint density at radius 3 is 2.09 bits per heavy atom. The fourth-order valence-electron chi connectivity index (χ4n) is 2.31. The Bertz CT molecular complexity index is 701. The van der Waals surface area contributed by atoms with Gasteiger partial charge < -0.3 is 5.32 Å². The molecule has 1 nitrogen and oxygen atoms in total. The van der Waals surface area contributed by atoms with Gasteiger partial charge in [-0.05, 0) is 49.1 Å². The Hall–Kier alpha value is -2.54. The van der Waals surface area contributed by atoms with E-state index in [1.54, 1.807) is 0 Å². The lowest BCUT2D eigenvalue weighted by Crippen LogP contribution is -2.11. The molecule has 2 aromatic rings. The zero-order valence-corrected chi connectivity index (χ0v) is 14.3. The van der Waals surface area contributed by atoms with Crippen molar-refractivity contribution >= 4 is 0 Å². The maximum Gasteiger partial charge on any atom is 0.0400 e. The molecule has 0 radical (unpaired) electrons. The first-order valence-corrected chi connectivity index (χ1v) is 7.99. The summed E-state index contributed by atoms with van der Waals surface area (Å²) in [5, 5.41) is 3.45. The molecule has 0 aliphatic carbocycles. The monoisotopic (exact) mass is 303 g/mol. The summed E-state index contributed by atoms with van der Waals surface area (Å²) in [4.78, 5) is 0. The quantitative estimate of drug-likeness (QED) is 0.666. The van der Waals surface area contributed by atoms with Gasteiger partial charge in [0, 0.05) is 12.2 Å². The molecule has 23 heavy (non-hydrogen) atoms. The summed E-state index contributed by atoms with van der Waals surface area (Å²) < 4.78 is 0. The van der Waals surface area contributed by atoms with E-state index in [0.717, 1.165) is 17.8 Å². The molecule has 0 heterocycles. The molecule has 118 valence electrons. The van der Waals surface area contributed by atoms with E-state index in [9.17, 15) is 0 Å². The fourth-order valence-corrected chi connectivity index (χ4v) is 2.31. The van der Waals surface area contributed by atoms with E-state index in [-0.39, 0.29) is 0 Å². The van der Waals surface area contributed by atoms with E-state index in [2.05, 4.69) is 86.4 Å². The maximum absolute atomic E-state index is 3.79. The lowest BCUT2D eigenvalue weighted by Gasteiger charge is -2.09. The highest BCUT2D eigenvalue weighted by molar-refractivity contribution is 5.63. The third-order valence-electron chi connectivity index (χ3n) is 3.85. The second-order valence-corrected chi connectivity index (χ2v) is 5.75. The van der Waals surface area contributed by atoms with Crippen molar-refractivity contribution in [2.75, 3.05) is 0 Å². The van der Waals surface area contributed by atoms with Crippen LogP contribution in [0.5, 0.6) is 0 Å². The van der Waals surface area contributed by atoms with E-state index in [1.165, 1.54) is 22.3 Å². The topological polar surface area (TPSA) is 12.0 Å². The number of benzene rings is 2. The number of rotatable bonds is 6. The van der Waals surface area contributed by atoms with Crippen LogP contribution in [0.3, 0.4) is 0 Å². The van der Waals surface area contributed by atoms with E-state index >= 15 is 0 Å². The van der Waals surface area contributed by atoms with Gasteiger partial charge in [0.05, 0.1) is 0 Å². The summed E-state index contributed by atoms with van der Waals surface area (Å²) in [6.07, 6.45) is 6.04. The van der Waals surface area contributed by atoms with Gasteiger partial charge in [-0.15, -0.1) is 0 Å². The van der Waals surface area contributed by atoms with Gasteiger partial charge in [0.15, 0.2) is 0 Å². The molecule has 1 heteroatoms. The molecule has 0 aliphatic heterocycles. The highest BCUT2D eigenvalue weighted by Crippen LogP contribution is 2.20. The standard InChI is InChI=1S/C22H25N/c1-5-17(3)15-22(6-2)23-16-19-9-13-21(14-10-19)20-11-7-18(4)8-12-20/h5-15,23H,1,16H2,2-4H3/b17-15-,22-6+. The molecule has 0 fully saturated rings. The molecule has 0 aromatic heterocycles. The minimum atomic E-state index is 0.814. The molecular formula is C22H25N. The summed E-state index contributed by atoms with van der Waals surface area (Å²) in [7, 11) is 0. The average molecular weight is 303 g/mol. The summed E-state index contributed by atoms with van der Waals surface area (Å²) in [5.74, 6) is 0. The molecule has 0 saturated heterocycles. The Balaban J connectivity index is 2.03. The van der Waals surface area contributed by atoms with Crippen LogP contribution in [-0.4, -0.2) is 0 Å². The molecule has 0 aliphatic rings. The van der Waals surface area contributed by atoms with E-state index in [0.29, 0.717) is 0 Å². The fraction of sp³-hybridized carbons (Fsp3) is 0.182. The lowest BCUT2D eigenvalue weighted by molar-refractivity contribution is 0.830. The molecule has 2 rings (SSSR count). The number of nitrogens with one attached hydrogen (secondary N) is 1. The van der Waals surface area contributed by atoms with E-state index < -0.39 is 0 Å². The van der Waals surface area contributed by atoms with Crippen molar-refractivity contribution in [3.63, 3.8) is 0 Å². The third-order valence-corrected chi connectivity index (χ3v) is 3.85. The zero-order valence-electron chi connectivity index (χ0n) is 14.3. The van der Waals surface area contributed by atoms with Crippen molar-refractivity contribution in [3.8, 4) is 11.1 Å². The molecular weight excluding hydrogens is 278 g/mol. The zero-order chi connectivity index (χ0) is 16.7. The SMILES string of the molecule is C=C/C(C)=C\C(=C/C)NCc1ccc(-c2ccc(C)cc2)cc1. The molecule has 0 spiro atoms. The normalized spacial score (nSPS) is 12.1. The number of hydrogen-bond acceptors (Lipinski definition) is 1. The second-order valence-electron chi connectivity index (χ2n) is 5.75. The largest absolute Gasteiger partial charge is 0.381 e. The highest BCUT2D eigenvalue weighted by Gasteiger charge is 1.99. The molecule has 0 saturated carbocycles. The molecule has 0 amide bonds. The first-order chi connectivity index (χ1) is 11.1. The first-order valence-electron chi connectivity index (χ1n) is 7.99. The summed E-state index contributed by atoms with van der Waals surface area (Å²) in [5.41, 5.74) is 7.34. The van der Waals surface area contributed by atoms with Gasteiger partial charge in [0.1, 0.15) is 0 Å². The van der Waals surface area contributed by atoms with Crippen LogP contribution >= 0.6 is 0 Å². The van der Waals surface area contributed by atoms with Gasteiger partial charge in [-0.25, -0.2) is 0 Å². The Morgan fingerprint density at radius 2 is 1.57 bits per heavy atom. The Morgan fingerprint density at radius 1 is 1.00 bits per heavy atom. The van der Waals surface area contributed by atoms with Crippen LogP contribution < -0.4 is 5.32 Å². The molecule has 0 unspecified atom stereocenters. The minimum Gasteiger partial charge on any atom is -0.381 e. The van der Waals surface area contributed by atoms with Crippen molar-refractivity contribution < 1.29 is 0 Å². The Labute approximate surface area is 140 Å². The van der Waals surface area contributed by atoms with Crippen LogP contribution in [0.1, 0.15) is 25.0 Å². The van der Waals surface area contributed by atoms with Gasteiger partial charge in [-0.1, -0.05) is 72.8 Å². The van der Waals surface area contributed by atoms with Gasteiger partial charge in [-0.2, -0.15) is 0 Å². The van der Waals surface area contributed by atoms with Crippen molar-refractivity contribution in [2.24, 2.45) is 0 Å². The number of hydrogen-bond donors (Lipinski definition) is 1. The van der Waals surface area contributed by atoms with Crippen LogP contribution in [0.25, 0.3) is 11.1 Å². The summed E-state index contributed by atoms with van der Waals surface area (Å²) >= 11 is 0. The van der Waals surface area contributed by atoms with Crippen molar-refractivity contribution in [1.82, 2.24) is 5.32 Å². The third kappa shape index (κ3) is 5.00. The Kier molecular flexibility index (Phi) is 5.99. The van der Waals surface area contributed by atoms with Crippen LogP contribution in [0, 0.1) is 6.92 Å². The van der Waals surface area contributed by atoms with Crippen LogP contribution in [0.4, 0.5) is 0 Å². The van der Waals surface area contributed by atoms with Crippen LogP contribution in [0.2, 0.25) is 0 Å². The first kappa shape index (κ1) is 16.8. The van der Waals surface area contributed by atoms with Gasteiger partial charge >= 0.3 is 0 Å².